The summed E-state index contributed by atoms with van der Waals surface area (Å²) in [5, 5.41) is 2.18. The van der Waals surface area contributed by atoms with Gasteiger partial charge in [0.2, 0.25) is 0 Å². The van der Waals surface area contributed by atoms with Gasteiger partial charge in [-0.3, -0.25) is 9.74 Å². The fraction of sp³-hybridized carbons (Fsp3) is 1.00. The maximum absolute atomic E-state index is 6.85. The molecule has 0 amide bonds. The Labute approximate surface area is 146 Å². The van der Waals surface area contributed by atoms with Crippen LogP contribution in [0.3, 0.4) is 0 Å². The first-order chi connectivity index (χ1) is 11.4. The second kappa shape index (κ2) is 5.18. The van der Waals surface area contributed by atoms with E-state index in [1.165, 1.54) is 51.5 Å². The molecule has 136 valence electrons. The Kier molecular flexibility index (Phi) is 3.47. The van der Waals surface area contributed by atoms with Crippen molar-refractivity contribution < 1.29 is 9.57 Å². The Morgan fingerprint density at radius 1 is 1.08 bits per heavy atom. The van der Waals surface area contributed by atoms with Crippen LogP contribution in [-0.2, 0) is 9.57 Å². The van der Waals surface area contributed by atoms with Crippen LogP contribution in [0.15, 0.2) is 0 Å². The zero-order valence-corrected chi connectivity index (χ0v) is 15.8. The van der Waals surface area contributed by atoms with Crippen molar-refractivity contribution in [2.24, 2.45) is 17.3 Å². The first-order valence-electron chi connectivity index (χ1n) is 10.3. The van der Waals surface area contributed by atoms with Gasteiger partial charge in [-0.2, -0.15) is 5.06 Å². The molecule has 1 spiro atoms. The lowest BCUT2D eigenvalue weighted by Crippen LogP contribution is -2.65. The van der Waals surface area contributed by atoms with E-state index in [0.29, 0.717) is 29.6 Å². The molecule has 0 aromatic rings. The molecule has 5 fully saturated rings. The standard InChI is InChI=1S/C20H34N2O2/c1-13-8-9-14-15(11-13)23-18-17-20(12-22(18)19(14,2)3)10-6-5-7-16(20)24-21(17)4/h13-18H,5-12H2,1-4H3/t13-,14-,15-,16+,17+,18+,20+/m1/s1. The molecule has 5 aliphatic rings. The molecule has 0 unspecified atom stereocenters. The van der Waals surface area contributed by atoms with Gasteiger partial charge in [-0.05, 0) is 45.4 Å². The molecule has 24 heavy (non-hydrogen) atoms. The van der Waals surface area contributed by atoms with E-state index < -0.39 is 0 Å². The SMILES string of the molecule is C[C@@H]1CC[C@@H]2[C@@H](C1)O[C@H]1[C@@H]3N(C)O[C@H]4CCCC[C@]43CN1C2(C)C. The smallest absolute Gasteiger partial charge is 0.130 e. The summed E-state index contributed by atoms with van der Waals surface area (Å²) >= 11 is 0. The molecule has 5 rings (SSSR count). The van der Waals surface area contributed by atoms with Crippen molar-refractivity contribution in [2.75, 3.05) is 13.6 Å². The lowest BCUT2D eigenvalue weighted by molar-refractivity contribution is -0.256. The molecule has 3 heterocycles. The monoisotopic (exact) mass is 334 g/mol. The summed E-state index contributed by atoms with van der Waals surface area (Å²) in [4.78, 5) is 9.07. The Balaban J connectivity index is 1.52. The molecule has 3 saturated heterocycles. The Hall–Kier alpha value is -0.160. The maximum Gasteiger partial charge on any atom is 0.130 e. The highest BCUT2D eigenvalue weighted by molar-refractivity contribution is 5.16. The highest BCUT2D eigenvalue weighted by Gasteiger charge is 2.68. The summed E-state index contributed by atoms with van der Waals surface area (Å²) in [7, 11) is 2.15. The van der Waals surface area contributed by atoms with E-state index in [2.05, 4.69) is 37.8 Å². The number of likely N-dealkylation sites (N-methyl/N-ethyl adjacent to an activating group) is 1. The average molecular weight is 335 g/mol. The zero-order chi connectivity index (χ0) is 16.7. The molecule has 4 nitrogen and oxygen atoms in total. The third-order valence-corrected chi connectivity index (χ3v) is 8.33. The van der Waals surface area contributed by atoms with Gasteiger partial charge in [0.1, 0.15) is 6.23 Å². The number of nitrogens with zero attached hydrogens (tertiary/aromatic N) is 2. The van der Waals surface area contributed by atoms with Crippen molar-refractivity contribution in [1.29, 1.82) is 0 Å². The summed E-state index contributed by atoms with van der Waals surface area (Å²) in [5.74, 6) is 1.50. The van der Waals surface area contributed by atoms with Gasteiger partial charge >= 0.3 is 0 Å². The number of fused-ring (bicyclic) bond motifs is 3. The first kappa shape index (κ1) is 16.0. The number of hydrogen-bond donors (Lipinski definition) is 0. The van der Waals surface area contributed by atoms with E-state index in [0.717, 1.165) is 5.92 Å². The van der Waals surface area contributed by atoms with Gasteiger partial charge in [0, 0.05) is 30.5 Å². The Morgan fingerprint density at radius 3 is 2.75 bits per heavy atom. The van der Waals surface area contributed by atoms with Crippen LogP contribution in [-0.4, -0.2) is 53.6 Å². The van der Waals surface area contributed by atoms with Crippen LogP contribution in [0.5, 0.6) is 0 Å². The van der Waals surface area contributed by atoms with Crippen molar-refractivity contribution in [1.82, 2.24) is 9.96 Å². The van der Waals surface area contributed by atoms with E-state index in [1.54, 1.807) is 0 Å². The Morgan fingerprint density at radius 2 is 1.92 bits per heavy atom. The zero-order valence-electron chi connectivity index (χ0n) is 15.8. The third-order valence-electron chi connectivity index (χ3n) is 8.33. The fourth-order valence-corrected chi connectivity index (χ4v) is 7.03. The second-order valence-electron chi connectivity index (χ2n) is 9.94. The van der Waals surface area contributed by atoms with Crippen molar-refractivity contribution in [3.05, 3.63) is 0 Å². The highest BCUT2D eigenvalue weighted by atomic mass is 16.7. The van der Waals surface area contributed by atoms with Gasteiger partial charge in [0.25, 0.3) is 0 Å². The molecule has 0 radical (unpaired) electrons. The number of ether oxygens (including phenoxy) is 1. The largest absolute Gasteiger partial charge is 0.358 e. The molecular weight excluding hydrogens is 300 g/mol. The molecule has 3 aliphatic heterocycles. The molecule has 2 aliphatic carbocycles. The Bertz CT molecular complexity index is 524. The van der Waals surface area contributed by atoms with Gasteiger partial charge in [-0.1, -0.05) is 26.2 Å². The highest BCUT2D eigenvalue weighted by Crippen LogP contribution is 2.59. The second-order valence-corrected chi connectivity index (χ2v) is 9.94. The van der Waals surface area contributed by atoms with Crippen LogP contribution >= 0.6 is 0 Å². The molecule has 2 saturated carbocycles. The summed E-state index contributed by atoms with van der Waals surface area (Å²) < 4.78 is 6.85. The van der Waals surface area contributed by atoms with Crippen LogP contribution in [0.2, 0.25) is 0 Å². The van der Waals surface area contributed by atoms with Crippen LogP contribution in [0.4, 0.5) is 0 Å². The average Bonchev–Trinajstić information content (AvgIpc) is 2.99. The maximum atomic E-state index is 6.85. The molecule has 0 aromatic heterocycles. The van der Waals surface area contributed by atoms with Crippen molar-refractivity contribution >= 4 is 0 Å². The minimum absolute atomic E-state index is 0.222. The van der Waals surface area contributed by atoms with E-state index in [1.807, 2.05) is 0 Å². The predicted molar refractivity (Wildman–Crippen MR) is 93.3 cm³/mol. The molecule has 0 aromatic carbocycles. The van der Waals surface area contributed by atoms with E-state index in [4.69, 9.17) is 9.57 Å². The summed E-state index contributed by atoms with van der Waals surface area (Å²) in [6.07, 6.45) is 10.2. The summed E-state index contributed by atoms with van der Waals surface area (Å²) in [6.45, 7) is 8.55. The molecular formula is C20H34N2O2. The van der Waals surface area contributed by atoms with E-state index in [9.17, 15) is 0 Å². The van der Waals surface area contributed by atoms with Crippen LogP contribution in [0.1, 0.15) is 65.7 Å². The summed E-state index contributed by atoms with van der Waals surface area (Å²) in [6, 6.07) is 0.417. The minimum atomic E-state index is 0.222. The minimum Gasteiger partial charge on any atom is -0.358 e. The van der Waals surface area contributed by atoms with Gasteiger partial charge in [-0.25, -0.2) is 0 Å². The predicted octanol–water partition coefficient (Wildman–Crippen LogP) is 3.42. The quantitative estimate of drug-likeness (QED) is 0.678. The topological polar surface area (TPSA) is 24.9 Å². The van der Waals surface area contributed by atoms with E-state index >= 15 is 0 Å². The number of rotatable bonds is 0. The molecule has 0 N–H and O–H groups in total. The van der Waals surface area contributed by atoms with Crippen LogP contribution in [0, 0.1) is 17.3 Å². The third kappa shape index (κ3) is 1.94. The van der Waals surface area contributed by atoms with Gasteiger partial charge in [0.05, 0.1) is 18.2 Å². The normalized spacial score (nSPS) is 54.0. The van der Waals surface area contributed by atoms with E-state index in [-0.39, 0.29) is 11.8 Å². The summed E-state index contributed by atoms with van der Waals surface area (Å²) in [5.41, 5.74) is 0.545. The van der Waals surface area contributed by atoms with Gasteiger partial charge < -0.3 is 4.74 Å². The number of hydrogen-bond acceptors (Lipinski definition) is 4. The van der Waals surface area contributed by atoms with Crippen LogP contribution < -0.4 is 0 Å². The molecule has 0 bridgehead atoms. The van der Waals surface area contributed by atoms with Gasteiger partial charge in [0.15, 0.2) is 0 Å². The fourth-order valence-electron chi connectivity index (χ4n) is 7.03. The first-order valence-corrected chi connectivity index (χ1v) is 10.3. The lowest BCUT2D eigenvalue weighted by Gasteiger charge is -2.56. The number of hydroxylamine groups is 2. The lowest BCUT2D eigenvalue weighted by atomic mass is 9.69. The van der Waals surface area contributed by atoms with Crippen molar-refractivity contribution in [3.63, 3.8) is 0 Å². The van der Waals surface area contributed by atoms with Gasteiger partial charge in [-0.15, -0.1) is 0 Å². The van der Waals surface area contributed by atoms with Crippen molar-refractivity contribution in [2.45, 2.75) is 95.7 Å². The van der Waals surface area contributed by atoms with Crippen LogP contribution in [0.25, 0.3) is 0 Å². The van der Waals surface area contributed by atoms with Crippen molar-refractivity contribution in [3.8, 4) is 0 Å². The molecule has 7 atom stereocenters. The molecule has 4 heteroatoms.